The van der Waals surface area contributed by atoms with Crippen molar-refractivity contribution in [2.24, 2.45) is 5.92 Å². The van der Waals surface area contributed by atoms with Crippen molar-refractivity contribution in [3.05, 3.63) is 65.4 Å². The molecular formula is C28H39N3O. The normalized spacial score (nSPS) is 19.3. The predicted octanol–water partition coefficient (Wildman–Crippen LogP) is 6.77. The number of aryl methyl sites for hydroxylation is 1. The average molecular weight is 434 g/mol. The monoisotopic (exact) mass is 433 g/mol. The largest absolute Gasteiger partial charge is 0.496 e. The number of anilines is 1. The summed E-state index contributed by atoms with van der Waals surface area (Å²) in [6.07, 6.45) is 8.36. The minimum atomic E-state index is -0.0204. The number of ether oxygens (including phenoxy) is 1. The van der Waals surface area contributed by atoms with E-state index >= 15 is 0 Å². The zero-order valence-electron chi connectivity index (χ0n) is 20.3. The number of methoxy groups -OCH3 is 1. The van der Waals surface area contributed by atoms with Crippen LogP contribution in [0.4, 0.5) is 5.69 Å². The highest BCUT2D eigenvalue weighted by atomic mass is 16.5. The lowest BCUT2D eigenvalue weighted by Gasteiger charge is -2.29. The minimum Gasteiger partial charge on any atom is -0.496 e. The predicted molar refractivity (Wildman–Crippen MR) is 137 cm³/mol. The fourth-order valence-electron chi connectivity index (χ4n) is 4.43. The molecule has 0 aliphatic heterocycles. The molecule has 0 amide bonds. The van der Waals surface area contributed by atoms with Crippen LogP contribution >= 0.6 is 0 Å². The molecule has 0 bridgehead atoms. The van der Waals surface area contributed by atoms with Gasteiger partial charge in [0.15, 0.2) is 0 Å². The summed E-state index contributed by atoms with van der Waals surface area (Å²) >= 11 is 0. The fourth-order valence-corrected chi connectivity index (χ4v) is 4.43. The molecule has 1 saturated carbocycles. The van der Waals surface area contributed by atoms with E-state index in [0.29, 0.717) is 11.8 Å². The van der Waals surface area contributed by atoms with Crippen molar-refractivity contribution in [1.82, 2.24) is 5.32 Å². The van der Waals surface area contributed by atoms with Gasteiger partial charge in [0.05, 0.1) is 7.11 Å². The van der Waals surface area contributed by atoms with E-state index in [9.17, 15) is 0 Å². The second-order valence-electron chi connectivity index (χ2n) is 10.0. The van der Waals surface area contributed by atoms with Crippen molar-refractivity contribution in [3.63, 3.8) is 0 Å². The first-order chi connectivity index (χ1) is 15.3. The Balaban J connectivity index is 1.54. The quantitative estimate of drug-likeness (QED) is 0.403. The summed E-state index contributed by atoms with van der Waals surface area (Å²) in [6, 6.07) is 15.0. The molecule has 1 aliphatic carbocycles. The van der Waals surface area contributed by atoms with Crippen LogP contribution in [0.2, 0.25) is 0 Å². The number of nitrogens with one attached hydrogen (secondary N) is 3. The molecule has 2 aromatic carbocycles. The molecule has 0 atom stereocenters. The van der Waals surface area contributed by atoms with Crippen molar-refractivity contribution in [2.75, 3.05) is 19.0 Å². The number of allylic oxidation sites excluding steroid dienone is 1. The van der Waals surface area contributed by atoms with Crippen LogP contribution in [0, 0.1) is 18.3 Å². The molecule has 3 N–H and O–H groups in total. The van der Waals surface area contributed by atoms with E-state index in [2.05, 4.69) is 80.8 Å². The molecule has 2 aromatic rings. The molecule has 32 heavy (non-hydrogen) atoms. The standard InChI is InChI=1S/C28H39N3O/c1-20-15-24(13-14-27(20)32-5)22-11-9-21(10-12-22)18-30-26-8-6-7-23(16-26)25(17-29)19-31-28(2,3)4/h6-8,13-17,19,21-22,29-31H,9-12,18H2,1-5H3/b25-19+,29-17?. The average Bonchev–Trinajstić information content (AvgIpc) is 2.78. The molecular weight excluding hydrogens is 394 g/mol. The van der Waals surface area contributed by atoms with Crippen molar-refractivity contribution < 1.29 is 4.74 Å². The van der Waals surface area contributed by atoms with Crippen LogP contribution in [-0.2, 0) is 0 Å². The number of benzene rings is 2. The van der Waals surface area contributed by atoms with Gasteiger partial charge < -0.3 is 20.8 Å². The van der Waals surface area contributed by atoms with Gasteiger partial charge in [0.2, 0.25) is 0 Å². The van der Waals surface area contributed by atoms with Crippen LogP contribution in [0.5, 0.6) is 5.75 Å². The Morgan fingerprint density at radius 3 is 2.47 bits per heavy atom. The van der Waals surface area contributed by atoms with Gasteiger partial charge in [0, 0.05) is 35.8 Å². The summed E-state index contributed by atoms with van der Waals surface area (Å²) in [7, 11) is 1.74. The van der Waals surface area contributed by atoms with Crippen LogP contribution in [0.15, 0.2) is 48.7 Å². The highest BCUT2D eigenvalue weighted by Gasteiger charge is 2.22. The lowest BCUT2D eigenvalue weighted by molar-refractivity contribution is 0.338. The van der Waals surface area contributed by atoms with E-state index in [-0.39, 0.29) is 5.54 Å². The summed E-state index contributed by atoms with van der Waals surface area (Å²) in [4.78, 5) is 0. The zero-order valence-corrected chi connectivity index (χ0v) is 20.3. The summed E-state index contributed by atoms with van der Waals surface area (Å²) in [6.45, 7) is 9.49. The highest BCUT2D eigenvalue weighted by molar-refractivity contribution is 6.08. The number of rotatable bonds is 8. The molecule has 4 nitrogen and oxygen atoms in total. The first-order valence-corrected chi connectivity index (χ1v) is 11.8. The molecule has 172 valence electrons. The molecule has 0 heterocycles. The Kier molecular flexibility index (Phi) is 8.00. The van der Waals surface area contributed by atoms with Crippen LogP contribution in [0.1, 0.15) is 69.1 Å². The van der Waals surface area contributed by atoms with Gasteiger partial charge >= 0.3 is 0 Å². The molecule has 0 aromatic heterocycles. The second-order valence-corrected chi connectivity index (χ2v) is 10.0. The molecule has 0 saturated heterocycles. The Morgan fingerprint density at radius 2 is 1.84 bits per heavy atom. The van der Waals surface area contributed by atoms with Gasteiger partial charge in [-0.2, -0.15) is 0 Å². The fraction of sp³-hybridized carbons (Fsp3) is 0.464. The second kappa shape index (κ2) is 10.7. The third kappa shape index (κ3) is 6.62. The van der Waals surface area contributed by atoms with Crippen molar-refractivity contribution in [1.29, 1.82) is 5.41 Å². The minimum absolute atomic E-state index is 0.0204. The van der Waals surface area contributed by atoms with E-state index in [1.54, 1.807) is 7.11 Å². The van der Waals surface area contributed by atoms with Gasteiger partial charge in [-0.15, -0.1) is 0 Å². The van der Waals surface area contributed by atoms with E-state index < -0.39 is 0 Å². The van der Waals surface area contributed by atoms with Crippen LogP contribution in [-0.4, -0.2) is 25.4 Å². The SMILES string of the molecule is COc1ccc(C2CCC(CNc3cccc(/C(C=N)=C/NC(C)(C)C)c3)CC2)cc1C. The molecule has 3 rings (SSSR count). The van der Waals surface area contributed by atoms with Crippen molar-refractivity contribution in [2.45, 2.75) is 64.8 Å². The first-order valence-electron chi connectivity index (χ1n) is 11.8. The number of hydrogen-bond acceptors (Lipinski definition) is 4. The van der Waals surface area contributed by atoms with E-state index in [1.165, 1.54) is 43.0 Å². The Hall–Kier alpha value is -2.75. The Labute approximate surface area is 194 Å². The van der Waals surface area contributed by atoms with Gasteiger partial charge in [-0.25, -0.2) is 0 Å². The third-order valence-corrected chi connectivity index (χ3v) is 6.34. The van der Waals surface area contributed by atoms with Gasteiger partial charge in [-0.05, 0) is 100 Å². The molecule has 1 aliphatic rings. The molecule has 0 spiro atoms. The first kappa shape index (κ1) is 23.9. The molecule has 1 fully saturated rings. The lowest BCUT2D eigenvalue weighted by atomic mass is 9.78. The van der Waals surface area contributed by atoms with Gasteiger partial charge in [-0.1, -0.05) is 24.3 Å². The third-order valence-electron chi connectivity index (χ3n) is 6.34. The van der Waals surface area contributed by atoms with E-state index in [0.717, 1.165) is 29.1 Å². The smallest absolute Gasteiger partial charge is 0.121 e. The molecule has 4 heteroatoms. The van der Waals surface area contributed by atoms with Crippen molar-refractivity contribution >= 4 is 17.5 Å². The maximum absolute atomic E-state index is 7.80. The summed E-state index contributed by atoms with van der Waals surface area (Å²) in [5.41, 5.74) is 5.73. The summed E-state index contributed by atoms with van der Waals surface area (Å²) < 4.78 is 5.41. The summed E-state index contributed by atoms with van der Waals surface area (Å²) in [5, 5.41) is 14.8. The van der Waals surface area contributed by atoms with Crippen LogP contribution in [0.25, 0.3) is 5.57 Å². The van der Waals surface area contributed by atoms with Gasteiger partial charge in [0.1, 0.15) is 5.75 Å². The van der Waals surface area contributed by atoms with Gasteiger partial charge in [0.25, 0.3) is 0 Å². The lowest BCUT2D eigenvalue weighted by Crippen LogP contribution is -2.31. The Morgan fingerprint density at radius 1 is 1.09 bits per heavy atom. The van der Waals surface area contributed by atoms with Crippen molar-refractivity contribution in [3.8, 4) is 5.75 Å². The van der Waals surface area contributed by atoms with Gasteiger partial charge in [-0.3, -0.25) is 0 Å². The van der Waals surface area contributed by atoms with Crippen LogP contribution in [0.3, 0.4) is 0 Å². The molecule has 0 unspecified atom stereocenters. The summed E-state index contributed by atoms with van der Waals surface area (Å²) in [5.74, 6) is 2.34. The Bertz CT molecular complexity index is 934. The van der Waals surface area contributed by atoms with E-state index in [4.69, 9.17) is 10.1 Å². The zero-order chi connectivity index (χ0) is 23.1. The maximum atomic E-state index is 7.80. The van der Waals surface area contributed by atoms with Crippen LogP contribution < -0.4 is 15.4 Å². The topological polar surface area (TPSA) is 57.1 Å². The molecule has 0 radical (unpaired) electrons. The number of hydrogen-bond donors (Lipinski definition) is 3. The van der Waals surface area contributed by atoms with E-state index in [1.807, 2.05) is 6.20 Å². The highest BCUT2D eigenvalue weighted by Crippen LogP contribution is 2.37. The maximum Gasteiger partial charge on any atom is 0.121 e.